The number of pyridine rings is 2. The topological polar surface area (TPSA) is 47.0 Å². The maximum atomic E-state index is 5.75. The van der Waals surface area contributed by atoms with E-state index in [1.54, 1.807) is 6.20 Å². The van der Waals surface area contributed by atoms with Crippen LogP contribution in [0.4, 0.5) is 0 Å². The highest BCUT2D eigenvalue weighted by molar-refractivity contribution is 5.79. The Kier molecular flexibility index (Phi) is 4.07. The lowest BCUT2D eigenvalue weighted by molar-refractivity contribution is 0.461. The third-order valence-corrected chi connectivity index (χ3v) is 3.16. The molecule has 0 aliphatic rings. The zero-order chi connectivity index (χ0) is 14.5. The Morgan fingerprint density at radius 3 is 2.76 bits per heavy atom. The number of aromatic nitrogens is 2. The zero-order valence-corrected chi connectivity index (χ0v) is 11.9. The second-order valence-electron chi connectivity index (χ2n) is 4.75. The number of ether oxygens (including phenoxy) is 1. The summed E-state index contributed by atoms with van der Waals surface area (Å²) in [6.45, 7) is 3.85. The molecule has 1 N–H and O–H groups in total. The summed E-state index contributed by atoms with van der Waals surface area (Å²) in [5.74, 6) is 1.27. The molecule has 0 saturated carbocycles. The predicted octanol–water partition coefficient (Wildman–Crippen LogP) is 3.53. The van der Waals surface area contributed by atoms with E-state index in [1.807, 2.05) is 48.7 Å². The van der Waals surface area contributed by atoms with Crippen LogP contribution in [0.15, 0.2) is 54.9 Å². The first-order chi connectivity index (χ1) is 10.3. The second kappa shape index (κ2) is 6.33. The molecule has 0 spiro atoms. The number of nitrogens with one attached hydrogen (secondary N) is 1. The van der Waals surface area contributed by atoms with Gasteiger partial charge in [0, 0.05) is 24.2 Å². The molecule has 4 heteroatoms. The first-order valence-electron chi connectivity index (χ1n) is 7.03. The van der Waals surface area contributed by atoms with Crippen LogP contribution in [0.3, 0.4) is 0 Å². The fourth-order valence-corrected chi connectivity index (χ4v) is 2.07. The van der Waals surface area contributed by atoms with Crippen molar-refractivity contribution in [1.82, 2.24) is 15.3 Å². The van der Waals surface area contributed by atoms with Gasteiger partial charge in [-0.05, 0) is 24.2 Å². The van der Waals surface area contributed by atoms with Crippen molar-refractivity contribution in [1.29, 1.82) is 0 Å². The van der Waals surface area contributed by atoms with Crippen LogP contribution in [0.5, 0.6) is 11.6 Å². The lowest BCUT2D eigenvalue weighted by Crippen LogP contribution is -2.11. The Labute approximate surface area is 123 Å². The minimum Gasteiger partial charge on any atom is -0.437 e. The van der Waals surface area contributed by atoms with Crippen LogP contribution in [0.2, 0.25) is 0 Å². The lowest BCUT2D eigenvalue weighted by atomic mass is 10.2. The molecular weight excluding hydrogens is 262 g/mol. The standard InChI is InChI=1S/C17H17N3O/c1-2-18-10-13-7-8-17(20-11-13)21-15-9-14-5-3-4-6-16(14)19-12-15/h3-9,11-12,18H,2,10H2,1H3. The van der Waals surface area contributed by atoms with Crippen molar-refractivity contribution >= 4 is 10.9 Å². The van der Waals surface area contributed by atoms with E-state index in [9.17, 15) is 0 Å². The second-order valence-corrected chi connectivity index (χ2v) is 4.75. The van der Waals surface area contributed by atoms with Crippen LogP contribution in [0.1, 0.15) is 12.5 Å². The summed E-state index contributed by atoms with van der Waals surface area (Å²) in [6.07, 6.45) is 3.54. The van der Waals surface area contributed by atoms with E-state index in [-0.39, 0.29) is 0 Å². The van der Waals surface area contributed by atoms with Crippen LogP contribution in [0.25, 0.3) is 10.9 Å². The molecule has 0 aliphatic carbocycles. The Balaban J connectivity index is 1.75. The highest BCUT2D eigenvalue weighted by Crippen LogP contribution is 2.22. The van der Waals surface area contributed by atoms with E-state index in [0.717, 1.165) is 29.6 Å². The van der Waals surface area contributed by atoms with Crippen molar-refractivity contribution in [2.24, 2.45) is 0 Å². The Hall–Kier alpha value is -2.46. The number of para-hydroxylation sites is 1. The largest absolute Gasteiger partial charge is 0.437 e. The number of nitrogens with zero attached hydrogens (tertiary/aromatic N) is 2. The highest BCUT2D eigenvalue weighted by atomic mass is 16.5. The predicted molar refractivity (Wildman–Crippen MR) is 83.4 cm³/mol. The molecule has 21 heavy (non-hydrogen) atoms. The van der Waals surface area contributed by atoms with Gasteiger partial charge in [-0.3, -0.25) is 4.98 Å². The first kappa shape index (κ1) is 13.5. The van der Waals surface area contributed by atoms with Crippen LogP contribution in [0, 0.1) is 0 Å². The maximum Gasteiger partial charge on any atom is 0.219 e. The van der Waals surface area contributed by atoms with Gasteiger partial charge in [0.15, 0.2) is 0 Å². The summed E-state index contributed by atoms with van der Waals surface area (Å²) in [5, 5.41) is 4.32. The van der Waals surface area contributed by atoms with Crippen LogP contribution in [-0.4, -0.2) is 16.5 Å². The van der Waals surface area contributed by atoms with E-state index >= 15 is 0 Å². The molecule has 106 valence electrons. The Morgan fingerprint density at radius 2 is 1.95 bits per heavy atom. The van der Waals surface area contributed by atoms with Gasteiger partial charge in [0.25, 0.3) is 0 Å². The zero-order valence-electron chi connectivity index (χ0n) is 11.9. The molecular formula is C17H17N3O. The summed E-state index contributed by atoms with van der Waals surface area (Å²) in [6, 6.07) is 13.8. The molecule has 2 heterocycles. The molecule has 0 bridgehead atoms. The highest BCUT2D eigenvalue weighted by Gasteiger charge is 2.02. The van der Waals surface area contributed by atoms with Crippen LogP contribution >= 0.6 is 0 Å². The van der Waals surface area contributed by atoms with Crippen LogP contribution < -0.4 is 10.1 Å². The molecule has 0 radical (unpaired) electrons. The van der Waals surface area contributed by atoms with Crippen LogP contribution in [-0.2, 0) is 6.54 Å². The molecule has 2 aromatic heterocycles. The quantitative estimate of drug-likeness (QED) is 0.776. The van der Waals surface area contributed by atoms with E-state index in [4.69, 9.17) is 4.74 Å². The fraction of sp³-hybridized carbons (Fsp3) is 0.176. The molecule has 0 atom stereocenters. The number of rotatable bonds is 5. The van der Waals surface area contributed by atoms with Gasteiger partial charge in [-0.15, -0.1) is 0 Å². The summed E-state index contributed by atoms with van der Waals surface area (Å²) in [5.41, 5.74) is 2.10. The minimum atomic E-state index is 0.576. The first-order valence-corrected chi connectivity index (χ1v) is 7.03. The van der Waals surface area contributed by atoms with Crippen molar-refractivity contribution in [3.8, 4) is 11.6 Å². The monoisotopic (exact) mass is 279 g/mol. The third kappa shape index (κ3) is 3.35. The SMILES string of the molecule is CCNCc1ccc(Oc2cnc3ccccc3c2)nc1. The van der Waals surface area contributed by atoms with Gasteiger partial charge in [0.05, 0.1) is 11.7 Å². The summed E-state index contributed by atoms with van der Waals surface area (Å²) >= 11 is 0. The van der Waals surface area contributed by atoms with Gasteiger partial charge in [-0.1, -0.05) is 31.2 Å². The molecule has 0 saturated heterocycles. The van der Waals surface area contributed by atoms with Gasteiger partial charge in [0.2, 0.25) is 5.88 Å². The Morgan fingerprint density at radius 1 is 1.05 bits per heavy atom. The summed E-state index contributed by atoms with van der Waals surface area (Å²) < 4.78 is 5.75. The average molecular weight is 279 g/mol. The van der Waals surface area contributed by atoms with E-state index in [1.165, 1.54) is 0 Å². The molecule has 4 nitrogen and oxygen atoms in total. The molecule has 0 amide bonds. The molecule has 1 aromatic carbocycles. The molecule has 0 aliphatic heterocycles. The van der Waals surface area contributed by atoms with Gasteiger partial charge >= 0.3 is 0 Å². The summed E-state index contributed by atoms with van der Waals surface area (Å²) in [4.78, 5) is 8.69. The third-order valence-electron chi connectivity index (χ3n) is 3.16. The number of fused-ring (bicyclic) bond motifs is 1. The average Bonchev–Trinajstić information content (AvgIpc) is 2.54. The normalized spacial score (nSPS) is 10.7. The number of benzene rings is 1. The van der Waals surface area contributed by atoms with Crippen molar-refractivity contribution in [3.63, 3.8) is 0 Å². The number of hydrogen-bond acceptors (Lipinski definition) is 4. The molecule has 3 rings (SSSR count). The van der Waals surface area contributed by atoms with Gasteiger partial charge in [-0.25, -0.2) is 4.98 Å². The minimum absolute atomic E-state index is 0.576. The lowest BCUT2D eigenvalue weighted by Gasteiger charge is -2.06. The van der Waals surface area contributed by atoms with Gasteiger partial charge in [-0.2, -0.15) is 0 Å². The fourth-order valence-electron chi connectivity index (χ4n) is 2.07. The maximum absolute atomic E-state index is 5.75. The molecule has 0 fully saturated rings. The molecule has 0 unspecified atom stereocenters. The van der Waals surface area contributed by atoms with Crippen molar-refractivity contribution < 1.29 is 4.74 Å². The van der Waals surface area contributed by atoms with E-state index < -0.39 is 0 Å². The van der Waals surface area contributed by atoms with Crippen molar-refractivity contribution in [2.45, 2.75) is 13.5 Å². The van der Waals surface area contributed by atoms with Gasteiger partial charge in [0.1, 0.15) is 5.75 Å². The molecule has 3 aromatic rings. The van der Waals surface area contributed by atoms with Crippen molar-refractivity contribution in [3.05, 3.63) is 60.4 Å². The number of hydrogen-bond donors (Lipinski definition) is 1. The van der Waals surface area contributed by atoms with E-state index in [2.05, 4.69) is 22.2 Å². The smallest absolute Gasteiger partial charge is 0.219 e. The van der Waals surface area contributed by atoms with Crippen molar-refractivity contribution in [2.75, 3.05) is 6.54 Å². The van der Waals surface area contributed by atoms with E-state index in [0.29, 0.717) is 11.6 Å². The Bertz CT molecular complexity index is 725. The van der Waals surface area contributed by atoms with Gasteiger partial charge < -0.3 is 10.1 Å². The summed E-state index contributed by atoms with van der Waals surface area (Å²) in [7, 11) is 0.